The third kappa shape index (κ3) is 5.28. The number of rotatable bonds is 3. The summed E-state index contributed by atoms with van der Waals surface area (Å²) in [5.74, 6) is -0.985. The molecule has 6 nitrogen and oxygen atoms in total. The summed E-state index contributed by atoms with van der Waals surface area (Å²) in [7, 11) is 0. The standard InChI is InChI=1S/C12H12N2O2.2ClH.2H2O/c13-10(12(15)16)7-8-5-6-14-11-4-2-1-3-9(8)11;;;;/h1-6,10H,7,13H2,(H,15,16);2*1H;2*1H2. The van der Waals surface area contributed by atoms with Crippen LogP contribution in [0.1, 0.15) is 5.56 Å². The Morgan fingerprint density at radius 3 is 2.40 bits per heavy atom. The molecule has 0 bridgehead atoms. The molecule has 0 radical (unpaired) electrons. The van der Waals surface area contributed by atoms with Crippen LogP contribution in [-0.4, -0.2) is 33.1 Å². The van der Waals surface area contributed by atoms with Crippen LogP contribution < -0.4 is 5.73 Å². The highest BCUT2D eigenvalue weighted by Crippen LogP contribution is 2.17. The number of benzene rings is 1. The molecule has 0 aliphatic rings. The van der Waals surface area contributed by atoms with Crippen LogP contribution in [0.2, 0.25) is 0 Å². The van der Waals surface area contributed by atoms with Crippen molar-refractivity contribution in [3.63, 3.8) is 0 Å². The first-order valence-electron chi connectivity index (χ1n) is 4.99. The van der Waals surface area contributed by atoms with Crippen LogP contribution in [0.25, 0.3) is 10.9 Å². The highest BCUT2D eigenvalue weighted by Gasteiger charge is 2.13. The predicted octanol–water partition coefficient (Wildman–Crippen LogP) is 0.383. The number of carbonyl (C=O) groups is 1. The second-order valence-electron chi connectivity index (χ2n) is 3.64. The van der Waals surface area contributed by atoms with Gasteiger partial charge in [-0.3, -0.25) is 9.78 Å². The first kappa shape index (κ1) is 23.6. The summed E-state index contributed by atoms with van der Waals surface area (Å²) in [6, 6.07) is 8.56. The largest absolute Gasteiger partial charge is 0.480 e. The molecule has 20 heavy (non-hydrogen) atoms. The van der Waals surface area contributed by atoms with Crippen LogP contribution >= 0.6 is 24.8 Å². The number of nitrogens with zero attached hydrogens (tertiary/aromatic N) is 1. The van der Waals surface area contributed by atoms with E-state index >= 15 is 0 Å². The Morgan fingerprint density at radius 1 is 1.20 bits per heavy atom. The SMILES string of the molecule is Cl.Cl.NC(Cc1ccnc2ccccc12)C(=O)O.O.O. The minimum Gasteiger partial charge on any atom is -0.480 e. The molecule has 0 fully saturated rings. The summed E-state index contributed by atoms with van der Waals surface area (Å²) in [5.41, 5.74) is 7.30. The van der Waals surface area contributed by atoms with Crippen LogP contribution in [0, 0.1) is 0 Å². The second-order valence-corrected chi connectivity index (χ2v) is 3.64. The Kier molecular flexibility index (Phi) is 12.2. The normalized spacial score (nSPS) is 10.1. The summed E-state index contributed by atoms with van der Waals surface area (Å²) >= 11 is 0. The number of fused-ring (bicyclic) bond motifs is 1. The summed E-state index contributed by atoms with van der Waals surface area (Å²) < 4.78 is 0. The van der Waals surface area contributed by atoms with Crippen molar-refractivity contribution in [2.75, 3.05) is 0 Å². The van der Waals surface area contributed by atoms with Gasteiger partial charge in [-0.25, -0.2) is 0 Å². The average Bonchev–Trinajstić information content (AvgIpc) is 2.29. The molecule has 2 rings (SSSR count). The highest BCUT2D eigenvalue weighted by molar-refractivity contribution is 5.85. The molecule has 1 heterocycles. The first-order valence-corrected chi connectivity index (χ1v) is 4.99. The van der Waals surface area contributed by atoms with E-state index in [0.717, 1.165) is 16.5 Å². The van der Waals surface area contributed by atoms with Crippen LogP contribution in [0.5, 0.6) is 0 Å². The fourth-order valence-corrected chi connectivity index (χ4v) is 1.66. The monoisotopic (exact) mass is 324 g/mol. The Bertz CT molecular complexity index is 534. The Balaban J connectivity index is -0.000000722. The van der Waals surface area contributed by atoms with Gasteiger partial charge in [-0.1, -0.05) is 18.2 Å². The zero-order chi connectivity index (χ0) is 11.5. The van der Waals surface area contributed by atoms with E-state index in [-0.39, 0.29) is 35.8 Å². The molecule has 1 aromatic carbocycles. The van der Waals surface area contributed by atoms with Gasteiger partial charge in [-0.05, 0) is 24.1 Å². The summed E-state index contributed by atoms with van der Waals surface area (Å²) in [4.78, 5) is 14.9. The average molecular weight is 325 g/mol. The molecule has 7 N–H and O–H groups in total. The summed E-state index contributed by atoms with van der Waals surface area (Å²) in [5, 5.41) is 9.73. The molecule has 0 amide bonds. The van der Waals surface area contributed by atoms with E-state index in [9.17, 15) is 4.79 Å². The second kappa shape index (κ2) is 10.4. The van der Waals surface area contributed by atoms with Crippen molar-refractivity contribution in [1.29, 1.82) is 0 Å². The number of carboxylic acids is 1. The quantitative estimate of drug-likeness (QED) is 0.842. The maximum atomic E-state index is 10.7. The smallest absolute Gasteiger partial charge is 0.320 e. The molecule has 0 aliphatic heterocycles. The van der Waals surface area contributed by atoms with Gasteiger partial charge in [0.15, 0.2) is 0 Å². The Labute approximate surface area is 128 Å². The van der Waals surface area contributed by atoms with Crippen molar-refractivity contribution in [3.05, 3.63) is 42.1 Å². The maximum Gasteiger partial charge on any atom is 0.320 e. The van der Waals surface area contributed by atoms with Crippen LogP contribution in [0.3, 0.4) is 0 Å². The highest BCUT2D eigenvalue weighted by atomic mass is 35.5. The molecular formula is C12H18Cl2N2O4. The van der Waals surface area contributed by atoms with Gasteiger partial charge in [0.2, 0.25) is 0 Å². The molecule has 2 aromatic rings. The van der Waals surface area contributed by atoms with Crippen molar-refractivity contribution in [1.82, 2.24) is 4.98 Å². The van der Waals surface area contributed by atoms with Gasteiger partial charge in [-0.2, -0.15) is 0 Å². The van der Waals surface area contributed by atoms with Gasteiger partial charge in [-0.15, -0.1) is 24.8 Å². The van der Waals surface area contributed by atoms with Gasteiger partial charge >= 0.3 is 5.97 Å². The van der Waals surface area contributed by atoms with Crippen LogP contribution in [-0.2, 0) is 11.2 Å². The summed E-state index contributed by atoms with van der Waals surface area (Å²) in [6.45, 7) is 0. The van der Waals surface area contributed by atoms with E-state index in [1.165, 1.54) is 0 Å². The van der Waals surface area contributed by atoms with E-state index in [1.54, 1.807) is 6.20 Å². The number of para-hydroxylation sites is 1. The number of aliphatic carboxylic acids is 1. The molecule has 0 spiro atoms. The lowest BCUT2D eigenvalue weighted by molar-refractivity contribution is -0.138. The minimum atomic E-state index is -0.985. The predicted molar refractivity (Wildman–Crippen MR) is 82.8 cm³/mol. The third-order valence-electron chi connectivity index (χ3n) is 2.50. The summed E-state index contributed by atoms with van der Waals surface area (Å²) in [6.07, 6.45) is 1.99. The van der Waals surface area contributed by atoms with Gasteiger partial charge in [0, 0.05) is 11.6 Å². The topological polar surface area (TPSA) is 139 Å². The molecule has 1 aromatic heterocycles. The fraction of sp³-hybridized carbons (Fsp3) is 0.167. The van der Waals surface area contributed by atoms with E-state index in [0.29, 0.717) is 6.42 Å². The lowest BCUT2D eigenvalue weighted by atomic mass is 10.0. The molecule has 0 saturated carbocycles. The molecule has 1 unspecified atom stereocenters. The number of nitrogens with two attached hydrogens (primary N) is 1. The lowest BCUT2D eigenvalue weighted by Gasteiger charge is -2.08. The van der Waals surface area contributed by atoms with Crippen molar-refractivity contribution in [2.24, 2.45) is 5.73 Å². The fourth-order valence-electron chi connectivity index (χ4n) is 1.66. The number of aromatic nitrogens is 1. The lowest BCUT2D eigenvalue weighted by Crippen LogP contribution is -2.32. The van der Waals surface area contributed by atoms with E-state index in [2.05, 4.69) is 4.98 Å². The molecule has 8 heteroatoms. The maximum absolute atomic E-state index is 10.7. The Hall–Kier alpha value is -1.44. The molecule has 0 saturated heterocycles. The molecule has 1 atom stereocenters. The van der Waals surface area contributed by atoms with E-state index < -0.39 is 12.0 Å². The molecule has 0 aliphatic carbocycles. The van der Waals surface area contributed by atoms with Gasteiger partial charge in [0.25, 0.3) is 0 Å². The number of pyridine rings is 1. The van der Waals surface area contributed by atoms with Crippen LogP contribution in [0.4, 0.5) is 0 Å². The van der Waals surface area contributed by atoms with E-state index in [4.69, 9.17) is 10.8 Å². The van der Waals surface area contributed by atoms with Gasteiger partial charge in [0.05, 0.1) is 5.52 Å². The number of carboxylic acid groups (broad SMARTS) is 1. The first-order chi connectivity index (χ1) is 7.68. The zero-order valence-corrected chi connectivity index (χ0v) is 12.1. The zero-order valence-electron chi connectivity index (χ0n) is 10.4. The van der Waals surface area contributed by atoms with Gasteiger partial charge in [0.1, 0.15) is 6.04 Å². The third-order valence-corrected chi connectivity index (χ3v) is 2.50. The van der Waals surface area contributed by atoms with Crippen molar-refractivity contribution < 1.29 is 20.9 Å². The number of hydrogen-bond acceptors (Lipinski definition) is 3. The minimum absolute atomic E-state index is 0. The van der Waals surface area contributed by atoms with Crippen LogP contribution in [0.15, 0.2) is 36.5 Å². The number of hydrogen-bond donors (Lipinski definition) is 2. The van der Waals surface area contributed by atoms with Gasteiger partial charge < -0.3 is 21.8 Å². The van der Waals surface area contributed by atoms with Crippen molar-refractivity contribution in [3.8, 4) is 0 Å². The molecular weight excluding hydrogens is 307 g/mol. The van der Waals surface area contributed by atoms with Crippen molar-refractivity contribution >= 4 is 41.7 Å². The Morgan fingerprint density at radius 2 is 1.80 bits per heavy atom. The van der Waals surface area contributed by atoms with E-state index in [1.807, 2.05) is 30.3 Å². The number of halogens is 2. The molecule has 114 valence electrons. The van der Waals surface area contributed by atoms with Crippen molar-refractivity contribution in [2.45, 2.75) is 12.5 Å².